The van der Waals surface area contributed by atoms with Gasteiger partial charge < -0.3 is 16.0 Å². The fourth-order valence-corrected chi connectivity index (χ4v) is 3.81. The predicted octanol–water partition coefficient (Wildman–Crippen LogP) is 2.88. The maximum absolute atomic E-state index is 12.9. The molecule has 2 aliphatic rings. The lowest BCUT2D eigenvalue weighted by atomic mass is 9.77. The van der Waals surface area contributed by atoms with Gasteiger partial charge in [0.15, 0.2) is 5.96 Å². The van der Waals surface area contributed by atoms with Crippen LogP contribution >= 0.6 is 0 Å². The Kier molecular flexibility index (Phi) is 5.46. The number of guanidine groups is 1. The first kappa shape index (κ1) is 20.9. The Morgan fingerprint density at radius 3 is 2.76 bits per heavy atom. The van der Waals surface area contributed by atoms with Gasteiger partial charge in [-0.15, -0.1) is 0 Å². The number of hydrogen-bond acceptors (Lipinski definition) is 4. The SMILES string of the molecule is CN1C(=O)CC(C)(C2CCCN(C(=O)Nc3cccc(C(F)(F)F)c3)C2)N=C1N. The van der Waals surface area contributed by atoms with Crippen molar-refractivity contribution in [3.8, 4) is 0 Å². The molecule has 0 aromatic heterocycles. The molecule has 0 bridgehead atoms. The highest BCUT2D eigenvalue weighted by atomic mass is 19.4. The predicted molar refractivity (Wildman–Crippen MR) is 102 cm³/mol. The van der Waals surface area contributed by atoms with Crippen LogP contribution < -0.4 is 11.1 Å². The first-order chi connectivity index (χ1) is 13.5. The molecule has 3 N–H and O–H groups in total. The Hall–Kier alpha value is -2.78. The van der Waals surface area contributed by atoms with Gasteiger partial charge in [0.1, 0.15) is 0 Å². The molecule has 0 saturated carbocycles. The smallest absolute Gasteiger partial charge is 0.369 e. The minimum Gasteiger partial charge on any atom is -0.369 e. The third kappa shape index (κ3) is 4.46. The summed E-state index contributed by atoms with van der Waals surface area (Å²) in [6.07, 6.45) is -2.81. The number of alkyl halides is 3. The number of halogens is 3. The number of amides is 3. The second-order valence-electron chi connectivity index (χ2n) is 7.75. The van der Waals surface area contributed by atoms with Crippen molar-refractivity contribution in [2.75, 3.05) is 25.5 Å². The number of aliphatic imine (C=N–C) groups is 1. The molecule has 10 heteroatoms. The highest BCUT2D eigenvalue weighted by molar-refractivity contribution is 5.98. The molecule has 2 aliphatic heterocycles. The van der Waals surface area contributed by atoms with Crippen LogP contribution in [-0.4, -0.2) is 53.4 Å². The molecule has 0 spiro atoms. The average molecular weight is 411 g/mol. The first-order valence-corrected chi connectivity index (χ1v) is 9.35. The van der Waals surface area contributed by atoms with Crippen LogP contribution in [0.4, 0.5) is 23.7 Å². The van der Waals surface area contributed by atoms with E-state index in [-0.39, 0.29) is 29.9 Å². The summed E-state index contributed by atoms with van der Waals surface area (Å²) >= 11 is 0. The molecule has 158 valence electrons. The number of nitrogens with zero attached hydrogens (tertiary/aromatic N) is 3. The lowest BCUT2D eigenvalue weighted by molar-refractivity contribution is -0.137. The molecule has 1 saturated heterocycles. The summed E-state index contributed by atoms with van der Waals surface area (Å²) in [5.74, 6) is -0.0699. The molecule has 1 fully saturated rings. The molecule has 1 aromatic carbocycles. The molecule has 2 atom stereocenters. The van der Waals surface area contributed by atoms with E-state index in [9.17, 15) is 22.8 Å². The normalized spacial score (nSPS) is 25.6. The lowest BCUT2D eigenvalue weighted by Gasteiger charge is -2.43. The van der Waals surface area contributed by atoms with Gasteiger partial charge in [-0.3, -0.25) is 9.69 Å². The molecule has 7 nitrogen and oxygen atoms in total. The van der Waals surface area contributed by atoms with E-state index in [1.165, 1.54) is 17.0 Å². The number of benzene rings is 1. The zero-order valence-corrected chi connectivity index (χ0v) is 16.3. The van der Waals surface area contributed by atoms with Gasteiger partial charge >= 0.3 is 12.2 Å². The number of carbonyl (C=O) groups excluding carboxylic acids is 2. The van der Waals surface area contributed by atoms with Gasteiger partial charge in [0, 0.05) is 31.7 Å². The van der Waals surface area contributed by atoms with E-state index in [1.54, 1.807) is 11.9 Å². The van der Waals surface area contributed by atoms with E-state index in [2.05, 4.69) is 10.3 Å². The number of anilines is 1. The van der Waals surface area contributed by atoms with Crippen LogP contribution in [-0.2, 0) is 11.0 Å². The molecule has 2 unspecified atom stereocenters. The van der Waals surface area contributed by atoms with Crippen LogP contribution in [0.1, 0.15) is 31.7 Å². The minimum absolute atomic E-state index is 0.0786. The Balaban J connectivity index is 1.71. The van der Waals surface area contributed by atoms with Crippen molar-refractivity contribution >= 4 is 23.6 Å². The van der Waals surface area contributed by atoms with E-state index in [4.69, 9.17) is 5.73 Å². The van der Waals surface area contributed by atoms with Crippen molar-refractivity contribution in [2.45, 2.75) is 37.9 Å². The fraction of sp³-hybridized carbons (Fsp3) is 0.526. The topological polar surface area (TPSA) is 91.0 Å². The standard InChI is InChI=1S/C19H24F3N5O2/c1-18(10-15(28)26(2)16(23)25-18)13-6-4-8-27(11-13)17(29)24-14-7-3-5-12(9-14)19(20,21)22/h3,5,7,9,13H,4,6,8,10-11H2,1-2H3,(H2,23,25)(H,24,29). The maximum atomic E-state index is 12.9. The number of carbonyl (C=O) groups is 2. The zero-order valence-electron chi connectivity index (χ0n) is 16.3. The van der Waals surface area contributed by atoms with E-state index >= 15 is 0 Å². The van der Waals surface area contributed by atoms with E-state index < -0.39 is 23.3 Å². The van der Waals surface area contributed by atoms with Gasteiger partial charge in [0.2, 0.25) is 5.91 Å². The summed E-state index contributed by atoms with van der Waals surface area (Å²) in [4.78, 5) is 32.2. The van der Waals surface area contributed by atoms with Gasteiger partial charge in [0.05, 0.1) is 17.5 Å². The molecule has 3 amide bonds. The number of piperidine rings is 1. The average Bonchev–Trinajstić information content (AvgIpc) is 2.66. The van der Waals surface area contributed by atoms with Crippen LogP contribution in [0.2, 0.25) is 0 Å². The van der Waals surface area contributed by atoms with Gasteiger partial charge in [-0.05, 0) is 38.0 Å². The summed E-state index contributed by atoms with van der Waals surface area (Å²) in [6, 6.07) is 4.04. The molecule has 0 radical (unpaired) electrons. The summed E-state index contributed by atoms with van der Waals surface area (Å²) in [5, 5.41) is 2.54. The van der Waals surface area contributed by atoms with E-state index in [0.29, 0.717) is 19.5 Å². The number of rotatable bonds is 2. The third-order valence-electron chi connectivity index (χ3n) is 5.63. The van der Waals surface area contributed by atoms with Crippen LogP contribution in [0, 0.1) is 5.92 Å². The Labute approximate surface area is 166 Å². The van der Waals surface area contributed by atoms with Crippen LogP contribution in [0.5, 0.6) is 0 Å². The van der Waals surface area contributed by atoms with Crippen LogP contribution in [0.3, 0.4) is 0 Å². The monoisotopic (exact) mass is 411 g/mol. The second-order valence-corrected chi connectivity index (χ2v) is 7.75. The maximum Gasteiger partial charge on any atom is 0.416 e. The zero-order chi connectivity index (χ0) is 21.4. The molecular formula is C19H24F3N5O2. The second kappa shape index (κ2) is 7.57. The van der Waals surface area contributed by atoms with Gasteiger partial charge in [-0.2, -0.15) is 13.2 Å². The summed E-state index contributed by atoms with van der Waals surface area (Å²) in [5.41, 5.74) is 4.40. The molecule has 29 heavy (non-hydrogen) atoms. The molecule has 2 heterocycles. The van der Waals surface area contributed by atoms with E-state index in [1.807, 2.05) is 6.92 Å². The van der Waals surface area contributed by atoms with Crippen molar-refractivity contribution < 1.29 is 22.8 Å². The molecule has 0 aliphatic carbocycles. The summed E-state index contributed by atoms with van der Waals surface area (Å²) < 4.78 is 38.6. The molecular weight excluding hydrogens is 387 g/mol. The molecule has 3 rings (SSSR count). The number of urea groups is 1. The summed E-state index contributed by atoms with van der Waals surface area (Å²) in [6.45, 7) is 2.67. The summed E-state index contributed by atoms with van der Waals surface area (Å²) in [7, 11) is 1.57. The molecule has 1 aromatic rings. The van der Waals surface area contributed by atoms with Crippen molar-refractivity contribution in [1.82, 2.24) is 9.80 Å². The Bertz CT molecular complexity index is 841. The first-order valence-electron chi connectivity index (χ1n) is 9.35. The van der Waals surface area contributed by atoms with Crippen molar-refractivity contribution in [2.24, 2.45) is 16.6 Å². The largest absolute Gasteiger partial charge is 0.416 e. The lowest BCUT2D eigenvalue weighted by Crippen LogP contribution is -2.55. The Morgan fingerprint density at radius 2 is 2.10 bits per heavy atom. The van der Waals surface area contributed by atoms with Crippen LogP contribution in [0.25, 0.3) is 0 Å². The van der Waals surface area contributed by atoms with Gasteiger partial charge in [-0.25, -0.2) is 9.79 Å². The minimum atomic E-state index is -4.48. The number of likely N-dealkylation sites (tertiary alicyclic amines) is 1. The third-order valence-corrected chi connectivity index (χ3v) is 5.63. The van der Waals surface area contributed by atoms with Gasteiger partial charge in [0.25, 0.3) is 0 Å². The Morgan fingerprint density at radius 1 is 1.38 bits per heavy atom. The van der Waals surface area contributed by atoms with Gasteiger partial charge in [-0.1, -0.05) is 6.07 Å². The number of hydrogen-bond donors (Lipinski definition) is 2. The highest BCUT2D eigenvalue weighted by Crippen LogP contribution is 2.36. The highest BCUT2D eigenvalue weighted by Gasteiger charge is 2.43. The number of nitrogens with two attached hydrogens (primary N) is 1. The number of nitrogens with one attached hydrogen (secondary N) is 1. The quantitative estimate of drug-likeness (QED) is 0.784. The fourth-order valence-electron chi connectivity index (χ4n) is 3.81. The van der Waals surface area contributed by atoms with Crippen molar-refractivity contribution in [3.05, 3.63) is 29.8 Å². The van der Waals surface area contributed by atoms with Crippen LogP contribution in [0.15, 0.2) is 29.3 Å². The van der Waals surface area contributed by atoms with Crippen molar-refractivity contribution in [1.29, 1.82) is 0 Å². The van der Waals surface area contributed by atoms with Crippen molar-refractivity contribution in [3.63, 3.8) is 0 Å². The van der Waals surface area contributed by atoms with E-state index in [0.717, 1.165) is 18.6 Å².